The maximum Gasteiger partial charge on any atom is 0.269 e. The molecule has 2 aromatic rings. The van der Waals surface area contributed by atoms with Gasteiger partial charge in [0, 0.05) is 37.5 Å². The predicted octanol–water partition coefficient (Wildman–Crippen LogP) is 1.95. The second-order valence-electron chi connectivity index (χ2n) is 5.26. The number of rotatable bonds is 7. The van der Waals surface area contributed by atoms with Crippen molar-refractivity contribution in [2.75, 3.05) is 6.54 Å². The number of aryl methyl sites for hydroxylation is 1. The number of aromatic hydroxyl groups is 1. The number of nitro benzene ring substituents is 1. The normalized spacial score (nSPS) is 10.7. The lowest BCUT2D eigenvalue weighted by Crippen LogP contribution is -2.18. The molecule has 0 unspecified atom stereocenters. The van der Waals surface area contributed by atoms with Crippen LogP contribution in [0.4, 0.5) is 5.69 Å². The molecule has 0 aliphatic carbocycles. The maximum absolute atomic E-state index is 11.3. The van der Waals surface area contributed by atoms with Gasteiger partial charge in [-0.2, -0.15) is 0 Å². The number of benzene rings is 1. The van der Waals surface area contributed by atoms with Crippen LogP contribution in [0.25, 0.3) is 0 Å². The number of nitrogens with zero attached hydrogens (tertiary/aromatic N) is 2. The number of pyridine rings is 1. The molecule has 0 bridgehead atoms. The van der Waals surface area contributed by atoms with Crippen LogP contribution >= 0.6 is 0 Å². The van der Waals surface area contributed by atoms with Crippen LogP contribution in [0.1, 0.15) is 17.7 Å². The van der Waals surface area contributed by atoms with Gasteiger partial charge >= 0.3 is 0 Å². The van der Waals surface area contributed by atoms with E-state index in [1.807, 2.05) is 4.57 Å². The van der Waals surface area contributed by atoms with E-state index in [9.17, 15) is 20.0 Å². The van der Waals surface area contributed by atoms with Gasteiger partial charge in [-0.25, -0.2) is 0 Å². The van der Waals surface area contributed by atoms with Crippen LogP contribution in [0.2, 0.25) is 0 Å². The summed E-state index contributed by atoms with van der Waals surface area (Å²) in [4.78, 5) is 21.4. The van der Waals surface area contributed by atoms with E-state index in [0.717, 1.165) is 18.5 Å². The van der Waals surface area contributed by atoms with E-state index in [1.54, 1.807) is 25.3 Å². The molecule has 0 radical (unpaired) electrons. The minimum atomic E-state index is -0.417. The maximum atomic E-state index is 11.3. The highest BCUT2D eigenvalue weighted by Crippen LogP contribution is 2.12. The summed E-state index contributed by atoms with van der Waals surface area (Å²) in [6.07, 6.45) is 2.50. The Morgan fingerprint density at radius 1 is 1.26 bits per heavy atom. The van der Waals surface area contributed by atoms with Crippen LogP contribution < -0.4 is 10.7 Å². The molecular weight excluding hydrogens is 298 g/mol. The molecule has 1 aromatic heterocycles. The largest absolute Gasteiger partial charge is 0.503 e. The quantitative estimate of drug-likeness (QED) is 0.462. The Hall–Kier alpha value is -2.67. The van der Waals surface area contributed by atoms with Gasteiger partial charge in [0.2, 0.25) is 5.43 Å². The zero-order valence-electron chi connectivity index (χ0n) is 12.9. The lowest BCUT2D eigenvalue weighted by Gasteiger charge is -2.11. The first-order valence-corrected chi connectivity index (χ1v) is 7.32. The SMILES string of the molecule is Cc1c(O)c(=O)ccn1CCCNCc1ccc([N+](=O)[O-])cc1. The van der Waals surface area contributed by atoms with E-state index in [1.165, 1.54) is 18.2 Å². The smallest absolute Gasteiger partial charge is 0.269 e. The number of hydrogen-bond donors (Lipinski definition) is 2. The molecule has 0 aliphatic heterocycles. The van der Waals surface area contributed by atoms with Crippen LogP contribution in [-0.2, 0) is 13.1 Å². The molecule has 7 nitrogen and oxygen atoms in total. The Morgan fingerprint density at radius 2 is 1.96 bits per heavy atom. The lowest BCUT2D eigenvalue weighted by molar-refractivity contribution is -0.384. The lowest BCUT2D eigenvalue weighted by atomic mass is 10.2. The first kappa shape index (κ1) is 16.7. The highest BCUT2D eigenvalue weighted by atomic mass is 16.6. The van der Waals surface area contributed by atoms with Crippen molar-refractivity contribution in [2.45, 2.75) is 26.4 Å². The molecule has 1 heterocycles. The predicted molar refractivity (Wildman–Crippen MR) is 86.5 cm³/mol. The first-order chi connectivity index (χ1) is 11.0. The summed E-state index contributed by atoms with van der Waals surface area (Å²) in [5.74, 6) is -0.202. The Bertz CT molecular complexity index is 738. The van der Waals surface area contributed by atoms with E-state index in [2.05, 4.69) is 5.32 Å². The molecule has 0 aliphatic rings. The van der Waals surface area contributed by atoms with Crippen molar-refractivity contribution in [3.63, 3.8) is 0 Å². The molecule has 0 saturated heterocycles. The summed E-state index contributed by atoms with van der Waals surface area (Å²) in [5.41, 5.74) is 1.26. The molecule has 2 rings (SSSR count). The molecule has 1 aromatic carbocycles. The van der Waals surface area contributed by atoms with E-state index < -0.39 is 4.92 Å². The van der Waals surface area contributed by atoms with Crippen LogP contribution in [0.3, 0.4) is 0 Å². The highest BCUT2D eigenvalue weighted by Gasteiger charge is 2.05. The fourth-order valence-electron chi connectivity index (χ4n) is 2.25. The van der Waals surface area contributed by atoms with Crippen LogP contribution in [0, 0.1) is 17.0 Å². The van der Waals surface area contributed by atoms with Crippen LogP contribution in [0.15, 0.2) is 41.3 Å². The van der Waals surface area contributed by atoms with Gasteiger partial charge in [-0.3, -0.25) is 14.9 Å². The van der Waals surface area contributed by atoms with Crippen molar-refractivity contribution in [1.82, 2.24) is 9.88 Å². The third-order valence-electron chi connectivity index (χ3n) is 3.64. The fraction of sp³-hybridized carbons (Fsp3) is 0.312. The van der Waals surface area contributed by atoms with Crippen molar-refractivity contribution in [1.29, 1.82) is 0 Å². The fourth-order valence-corrected chi connectivity index (χ4v) is 2.25. The van der Waals surface area contributed by atoms with Gasteiger partial charge in [0.15, 0.2) is 5.75 Å². The number of nitro groups is 1. The van der Waals surface area contributed by atoms with E-state index in [-0.39, 0.29) is 16.9 Å². The average Bonchev–Trinajstić information content (AvgIpc) is 2.54. The summed E-state index contributed by atoms with van der Waals surface area (Å²) in [6, 6.07) is 7.80. The van der Waals surface area contributed by atoms with Gasteiger partial charge < -0.3 is 15.0 Å². The molecular formula is C16H19N3O4. The van der Waals surface area contributed by atoms with Gasteiger partial charge in [0.25, 0.3) is 5.69 Å². The van der Waals surface area contributed by atoms with Gasteiger partial charge in [0.1, 0.15) is 0 Å². The number of aromatic nitrogens is 1. The number of nitrogens with one attached hydrogen (secondary N) is 1. The van der Waals surface area contributed by atoms with Gasteiger partial charge in [-0.1, -0.05) is 12.1 Å². The Balaban J connectivity index is 1.77. The number of hydrogen-bond acceptors (Lipinski definition) is 5. The van der Waals surface area contributed by atoms with Crippen molar-refractivity contribution in [3.05, 3.63) is 68.1 Å². The Morgan fingerprint density at radius 3 is 2.61 bits per heavy atom. The molecule has 7 heteroatoms. The highest BCUT2D eigenvalue weighted by molar-refractivity contribution is 5.32. The summed E-state index contributed by atoms with van der Waals surface area (Å²) in [5, 5.41) is 23.4. The van der Waals surface area contributed by atoms with E-state index in [0.29, 0.717) is 18.8 Å². The molecule has 0 fully saturated rings. The minimum absolute atomic E-state index is 0.0854. The monoisotopic (exact) mass is 317 g/mol. The molecule has 23 heavy (non-hydrogen) atoms. The number of non-ortho nitro benzene ring substituents is 1. The summed E-state index contributed by atoms with van der Waals surface area (Å²) in [6.45, 7) is 3.78. The molecule has 0 atom stereocenters. The average molecular weight is 317 g/mol. The third-order valence-corrected chi connectivity index (χ3v) is 3.64. The van der Waals surface area contributed by atoms with Crippen LogP contribution in [0.5, 0.6) is 5.75 Å². The van der Waals surface area contributed by atoms with Crippen molar-refractivity contribution >= 4 is 5.69 Å². The zero-order valence-corrected chi connectivity index (χ0v) is 12.9. The zero-order chi connectivity index (χ0) is 16.8. The summed E-state index contributed by atoms with van der Waals surface area (Å²) < 4.78 is 1.84. The first-order valence-electron chi connectivity index (χ1n) is 7.32. The Kier molecular flexibility index (Phi) is 5.48. The molecule has 122 valence electrons. The standard InChI is InChI=1S/C16H19N3O4/c1-12-16(21)15(20)7-10-18(12)9-2-8-17-11-13-3-5-14(6-4-13)19(22)23/h3-7,10,17,21H,2,8-9,11H2,1H3. The second-order valence-corrected chi connectivity index (χ2v) is 5.26. The van der Waals surface area contributed by atoms with E-state index >= 15 is 0 Å². The van der Waals surface area contributed by atoms with Crippen molar-refractivity contribution < 1.29 is 10.0 Å². The van der Waals surface area contributed by atoms with E-state index in [4.69, 9.17) is 0 Å². The Labute approximate surface area is 133 Å². The minimum Gasteiger partial charge on any atom is -0.503 e. The molecule has 2 N–H and O–H groups in total. The van der Waals surface area contributed by atoms with Crippen LogP contribution in [-0.4, -0.2) is 21.1 Å². The molecule has 0 spiro atoms. The summed E-state index contributed by atoms with van der Waals surface area (Å²) in [7, 11) is 0. The topological polar surface area (TPSA) is 97.4 Å². The third kappa shape index (κ3) is 4.40. The second kappa shape index (κ2) is 7.55. The molecule has 0 saturated carbocycles. The van der Waals surface area contributed by atoms with Gasteiger partial charge in [-0.15, -0.1) is 0 Å². The van der Waals surface area contributed by atoms with Gasteiger partial charge in [0.05, 0.1) is 10.6 Å². The van der Waals surface area contributed by atoms with Crippen molar-refractivity contribution in [3.8, 4) is 5.75 Å². The van der Waals surface area contributed by atoms with Crippen molar-refractivity contribution in [2.24, 2.45) is 0 Å². The summed E-state index contributed by atoms with van der Waals surface area (Å²) >= 11 is 0. The van der Waals surface area contributed by atoms with Gasteiger partial charge in [-0.05, 0) is 25.5 Å². The molecule has 0 amide bonds.